The van der Waals surface area contributed by atoms with Gasteiger partial charge in [0.05, 0.1) is 11.1 Å². The summed E-state index contributed by atoms with van der Waals surface area (Å²) in [6.45, 7) is 0.496. The number of primary amides is 1. The number of H-pyrrole nitrogens is 1. The Hall–Kier alpha value is -4.40. The highest BCUT2D eigenvalue weighted by Crippen LogP contribution is 2.35. The highest BCUT2D eigenvalue weighted by molar-refractivity contribution is 6.35. The Kier molecular flexibility index (Phi) is 5.48. The van der Waals surface area contributed by atoms with Gasteiger partial charge in [-0.05, 0) is 54.5 Å². The van der Waals surface area contributed by atoms with Crippen molar-refractivity contribution in [2.24, 2.45) is 5.73 Å². The minimum absolute atomic E-state index is 0.209. The Bertz CT molecular complexity index is 1180. The van der Waals surface area contributed by atoms with E-state index in [1.807, 2.05) is 12.1 Å². The second-order valence-electron chi connectivity index (χ2n) is 6.97. The predicted octanol–water partition coefficient (Wildman–Crippen LogP) is 2.37. The lowest BCUT2D eigenvalue weighted by molar-refractivity contribution is -0.110. The number of rotatable bonds is 6. The molecule has 0 unspecified atom stereocenters. The molecule has 4 amide bonds. The van der Waals surface area contributed by atoms with Gasteiger partial charge >= 0.3 is 6.03 Å². The Morgan fingerprint density at radius 1 is 1.13 bits per heavy atom. The first kappa shape index (κ1) is 19.9. The molecular weight excluding hydrogens is 396 g/mol. The van der Waals surface area contributed by atoms with E-state index in [-0.39, 0.29) is 11.8 Å². The van der Waals surface area contributed by atoms with Crippen molar-refractivity contribution in [2.45, 2.75) is 6.42 Å². The molecule has 3 heterocycles. The first-order valence-electron chi connectivity index (χ1n) is 9.59. The molecule has 2 aromatic heterocycles. The molecule has 0 atom stereocenters. The van der Waals surface area contributed by atoms with Crippen molar-refractivity contribution < 1.29 is 14.4 Å². The average Bonchev–Trinajstić information content (AvgIpc) is 3.33. The van der Waals surface area contributed by atoms with Crippen molar-refractivity contribution in [2.75, 3.05) is 17.2 Å². The van der Waals surface area contributed by atoms with Gasteiger partial charge in [0.2, 0.25) is 0 Å². The van der Waals surface area contributed by atoms with Crippen LogP contribution in [0.15, 0.2) is 55.0 Å². The van der Waals surface area contributed by atoms with Crippen LogP contribution in [0.4, 0.5) is 16.2 Å². The molecule has 0 saturated carbocycles. The molecule has 1 aliphatic heterocycles. The molecule has 156 valence electrons. The van der Waals surface area contributed by atoms with Crippen molar-refractivity contribution in [1.29, 1.82) is 0 Å². The van der Waals surface area contributed by atoms with Gasteiger partial charge in [-0.3, -0.25) is 14.6 Å². The molecule has 0 saturated heterocycles. The van der Waals surface area contributed by atoms with Crippen molar-refractivity contribution >= 4 is 40.9 Å². The minimum Gasteiger partial charge on any atom is -0.361 e. The molecule has 6 N–H and O–H groups in total. The lowest BCUT2D eigenvalue weighted by Gasteiger charge is -2.04. The van der Waals surface area contributed by atoms with Gasteiger partial charge in [-0.1, -0.05) is 0 Å². The molecule has 9 nitrogen and oxygen atoms in total. The maximum Gasteiger partial charge on any atom is 0.316 e. The molecule has 0 radical (unpaired) electrons. The largest absolute Gasteiger partial charge is 0.361 e. The number of hydrogen-bond acceptors (Lipinski definition) is 4. The summed E-state index contributed by atoms with van der Waals surface area (Å²) in [5.74, 6) is -0.483. The van der Waals surface area contributed by atoms with E-state index >= 15 is 0 Å². The van der Waals surface area contributed by atoms with Crippen LogP contribution in [0.3, 0.4) is 0 Å². The molecule has 1 aromatic carbocycles. The fraction of sp³-hybridized carbons (Fsp3) is 0.0909. The van der Waals surface area contributed by atoms with Gasteiger partial charge in [0.15, 0.2) is 0 Å². The SMILES string of the molecule is NC(=O)Nc1ccc2c(c1)C(=Cc1cc(C(=O)NCCc3ccncc3)c[nH]1)C(=O)N2. The average molecular weight is 416 g/mol. The number of amides is 4. The molecule has 9 heteroatoms. The topological polar surface area (TPSA) is 142 Å². The lowest BCUT2D eigenvalue weighted by atomic mass is 10.1. The summed E-state index contributed by atoms with van der Waals surface area (Å²) in [4.78, 5) is 42.9. The van der Waals surface area contributed by atoms with E-state index < -0.39 is 6.03 Å². The molecule has 4 rings (SSSR count). The van der Waals surface area contributed by atoms with Gasteiger partial charge in [-0.25, -0.2) is 4.79 Å². The van der Waals surface area contributed by atoms with Crippen LogP contribution in [0, 0.1) is 0 Å². The number of aromatic amines is 1. The number of carbonyl (C=O) groups excluding carboxylic acids is 3. The molecule has 0 spiro atoms. The molecular formula is C22H20N6O3. The number of carbonyl (C=O) groups is 3. The summed E-state index contributed by atoms with van der Waals surface area (Å²) in [6.07, 6.45) is 7.38. The number of fused-ring (bicyclic) bond motifs is 1. The summed E-state index contributed by atoms with van der Waals surface area (Å²) in [7, 11) is 0. The van der Waals surface area contributed by atoms with Crippen molar-refractivity contribution in [3.8, 4) is 0 Å². The molecule has 0 aliphatic carbocycles. The lowest BCUT2D eigenvalue weighted by Crippen LogP contribution is -2.25. The second kappa shape index (κ2) is 8.54. The maximum atomic E-state index is 12.4. The predicted molar refractivity (Wildman–Crippen MR) is 117 cm³/mol. The van der Waals surface area contributed by atoms with Gasteiger partial charge in [0.25, 0.3) is 11.8 Å². The first-order valence-corrected chi connectivity index (χ1v) is 9.59. The third-order valence-corrected chi connectivity index (χ3v) is 4.79. The minimum atomic E-state index is -0.688. The molecule has 31 heavy (non-hydrogen) atoms. The third-order valence-electron chi connectivity index (χ3n) is 4.79. The van der Waals surface area contributed by atoms with Crippen LogP contribution in [0.5, 0.6) is 0 Å². The van der Waals surface area contributed by atoms with E-state index in [2.05, 4.69) is 25.9 Å². The fourth-order valence-corrected chi connectivity index (χ4v) is 3.31. The number of nitrogens with one attached hydrogen (secondary N) is 4. The first-order chi connectivity index (χ1) is 15.0. The van der Waals surface area contributed by atoms with Gasteiger partial charge in [0, 0.05) is 47.8 Å². The van der Waals surface area contributed by atoms with Gasteiger partial charge in [0.1, 0.15) is 0 Å². The third kappa shape index (κ3) is 4.61. The summed E-state index contributed by atoms with van der Waals surface area (Å²) >= 11 is 0. The number of urea groups is 1. The number of nitrogens with zero attached hydrogens (tertiary/aromatic N) is 1. The number of aromatic nitrogens is 2. The Labute approximate surface area is 177 Å². The zero-order chi connectivity index (χ0) is 21.8. The zero-order valence-electron chi connectivity index (χ0n) is 16.4. The standard InChI is InChI=1S/C22H20N6O3/c23-22(31)27-15-1-2-19-17(10-15)18(21(30)28-19)11-16-9-14(12-26-16)20(29)25-8-5-13-3-6-24-7-4-13/h1-4,6-7,9-12,26H,5,8H2,(H,25,29)(H,28,30)(H3,23,27,31). The maximum absolute atomic E-state index is 12.4. The number of pyridine rings is 1. The highest BCUT2D eigenvalue weighted by atomic mass is 16.2. The molecule has 3 aromatic rings. The Morgan fingerprint density at radius 2 is 1.94 bits per heavy atom. The molecule has 0 bridgehead atoms. The second-order valence-corrected chi connectivity index (χ2v) is 6.97. The Balaban J connectivity index is 1.46. The summed E-state index contributed by atoms with van der Waals surface area (Å²) in [5.41, 5.74) is 9.47. The van der Waals surface area contributed by atoms with Crippen LogP contribution in [-0.2, 0) is 11.2 Å². The van der Waals surface area contributed by atoms with E-state index in [0.29, 0.717) is 46.7 Å². The van der Waals surface area contributed by atoms with Crippen LogP contribution in [0.1, 0.15) is 27.2 Å². The number of nitrogens with two attached hydrogens (primary N) is 1. The molecule has 1 aliphatic rings. The highest BCUT2D eigenvalue weighted by Gasteiger charge is 2.25. The monoisotopic (exact) mass is 416 g/mol. The van der Waals surface area contributed by atoms with Crippen LogP contribution in [0.25, 0.3) is 11.6 Å². The zero-order valence-corrected chi connectivity index (χ0v) is 16.4. The summed E-state index contributed by atoms with van der Waals surface area (Å²) in [6, 6.07) is 9.80. The summed E-state index contributed by atoms with van der Waals surface area (Å²) in [5, 5.41) is 8.14. The van der Waals surface area contributed by atoms with Crippen LogP contribution in [-0.4, -0.2) is 34.4 Å². The van der Waals surface area contributed by atoms with Crippen LogP contribution >= 0.6 is 0 Å². The van der Waals surface area contributed by atoms with Gasteiger partial charge in [-0.15, -0.1) is 0 Å². The fourth-order valence-electron chi connectivity index (χ4n) is 3.31. The normalized spacial score (nSPS) is 13.5. The number of hydrogen-bond donors (Lipinski definition) is 5. The van der Waals surface area contributed by atoms with Crippen molar-refractivity contribution in [3.63, 3.8) is 0 Å². The van der Waals surface area contributed by atoms with E-state index in [9.17, 15) is 14.4 Å². The Morgan fingerprint density at radius 3 is 2.71 bits per heavy atom. The van der Waals surface area contributed by atoms with E-state index in [1.165, 1.54) is 0 Å². The van der Waals surface area contributed by atoms with Crippen LogP contribution in [0.2, 0.25) is 0 Å². The molecule has 0 fully saturated rings. The van der Waals surface area contributed by atoms with E-state index in [0.717, 1.165) is 5.56 Å². The van der Waals surface area contributed by atoms with E-state index in [1.54, 1.807) is 48.9 Å². The van der Waals surface area contributed by atoms with Gasteiger partial charge in [-0.2, -0.15) is 0 Å². The quantitative estimate of drug-likeness (QED) is 0.393. The number of benzene rings is 1. The smallest absolute Gasteiger partial charge is 0.316 e. The van der Waals surface area contributed by atoms with Crippen LogP contribution < -0.4 is 21.7 Å². The van der Waals surface area contributed by atoms with Crippen molar-refractivity contribution in [3.05, 3.63) is 77.4 Å². The van der Waals surface area contributed by atoms with Crippen molar-refractivity contribution in [1.82, 2.24) is 15.3 Å². The number of anilines is 2. The summed E-state index contributed by atoms with van der Waals surface area (Å²) < 4.78 is 0. The van der Waals surface area contributed by atoms with Gasteiger partial charge < -0.3 is 26.7 Å². The van der Waals surface area contributed by atoms with E-state index in [4.69, 9.17) is 5.73 Å².